The maximum atomic E-state index is 13.0. The van der Waals surface area contributed by atoms with Crippen LogP contribution in [-0.2, 0) is 6.54 Å². The van der Waals surface area contributed by atoms with Crippen molar-refractivity contribution in [3.8, 4) is 5.88 Å². The van der Waals surface area contributed by atoms with Gasteiger partial charge in [0.15, 0.2) is 0 Å². The average molecular weight is 351 g/mol. The minimum atomic E-state index is -0.503. The third kappa shape index (κ3) is 4.02. The fourth-order valence-electron chi connectivity index (χ4n) is 2.51. The van der Waals surface area contributed by atoms with Crippen LogP contribution in [-0.4, -0.2) is 29.1 Å². The first-order chi connectivity index (χ1) is 10.2. The van der Waals surface area contributed by atoms with Crippen molar-refractivity contribution in [2.45, 2.75) is 19.1 Å². The molecule has 0 N–H and O–H groups in total. The van der Waals surface area contributed by atoms with E-state index >= 15 is 0 Å². The molecule has 0 bridgehead atoms. The number of halogens is 2. The Balaban J connectivity index is 1.54. The molecule has 0 amide bonds. The second-order valence-corrected chi connectivity index (χ2v) is 6.10. The molecule has 0 saturated carbocycles. The van der Waals surface area contributed by atoms with Crippen molar-refractivity contribution in [1.29, 1.82) is 0 Å². The summed E-state index contributed by atoms with van der Waals surface area (Å²) in [6.45, 7) is 2.73. The van der Waals surface area contributed by atoms with Crippen LogP contribution in [0, 0.1) is 5.95 Å². The van der Waals surface area contributed by atoms with E-state index in [1.165, 1.54) is 11.6 Å². The molecule has 1 aliphatic heterocycles. The summed E-state index contributed by atoms with van der Waals surface area (Å²) >= 11 is 3.44. The van der Waals surface area contributed by atoms with Gasteiger partial charge in [-0.2, -0.15) is 9.37 Å². The molecule has 3 nitrogen and oxygen atoms in total. The van der Waals surface area contributed by atoms with Crippen LogP contribution in [0.3, 0.4) is 0 Å². The molecule has 0 aliphatic carbocycles. The van der Waals surface area contributed by atoms with Gasteiger partial charge in [0.2, 0.25) is 11.8 Å². The highest BCUT2D eigenvalue weighted by atomic mass is 79.9. The number of pyridine rings is 1. The predicted molar refractivity (Wildman–Crippen MR) is 82.6 cm³/mol. The van der Waals surface area contributed by atoms with E-state index in [9.17, 15) is 4.39 Å². The van der Waals surface area contributed by atoms with E-state index < -0.39 is 5.95 Å². The zero-order valence-electron chi connectivity index (χ0n) is 11.5. The normalized spacial score (nSPS) is 18.9. The fourth-order valence-corrected chi connectivity index (χ4v) is 2.78. The first-order valence-corrected chi connectivity index (χ1v) is 7.74. The second kappa shape index (κ2) is 6.54. The first kappa shape index (κ1) is 14.5. The molecule has 0 radical (unpaired) electrons. The van der Waals surface area contributed by atoms with E-state index in [1.807, 2.05) is 0 Å². The molecule has 1 aromatic heterocycles. The largest absolute Gasteiger partial charge is 0.473 e. The summed E-state index contributed by atoms with van der Waals surface area (Å²) in [6, 6.07) is 13.0. The SMILES string of the molecule is Fc1cccc(OC2CCN(Cc3ccc(Br)cc3)C2)n1. The van der Waals surface area contributed by atoms with Crippen LogP contribution in [0.25, 0.3) is 0 Å². The standard InChI is InChI=1S/C16H16BrFN2O/c17-13-6-4-12(5-7-13)10-20-9-8-14(11-20)21-16-3-1-2-15(18)19-16/h1-7,14H,8-11H2. The molecule has 3 rings (SSSR count). The Morgan fingerprint density at radius 1 is 1.24 bits per heavy atom. The lowest BCUT2D eigenvalue weighted by Gasteiger charge is -2.16. The summed E-state index contributed by atoms with van der Waals surface area (Å²) in [7, 11) is 0. The summed E-state index contributed by atoms with van der Waals surface area (Å²) in [5.74, 6) is -0.136. The van der Waals surface area contributed by atoms with E-state index in [1.54, 1.807) is 12.1 Å². The van der Waals surface area contributed by atoms with Gasteiger partial charge in [-0.15, -0.1) is 0 Å². The molecule has 1 aromatic carbocycles. The third-order valence-electron chi connectivity index (χ3n) is 3.53. The Morgan fingerprint density at radius 3 is 2.81 bits per heavy atom. The summed E-state index contributed by atoms with van der Waals surface area (Å²) in [5, 5.41) is 0. The number of hydrogen-bond donors (Lipinski definition) is 0. The van der Waals surface area contributed by atoms with Gasteiger partial charge in [-0.3, -0.25) is 4.90 Å². The van der Waals surface area contributed by atoms with Crippen LogP contribution in [0.15, 0.2) is 46.9 Å². The smallest absolute Gasteiger partial charge is 0.216 e. The minimum Gasteiger partial charge on any atom is -0.473 e. The van der Waals surface area contributed by atoms with Crippen LogP contribution < -0.4 is 4.74 Å². The van der Waals surface area contributed by atoms with Gasteiger partial charge in [0.25, 0.3) is 0 Å². The maximum Gasteiger partial charge on any atom is 0.216 e. The number of likely N-dealkylation sites (tertiary alicyclic amines) is 1. The predicted octanol–water partition coefficient (Wildman–Crippen LogP) is 3.64. The number of benzene rings is 1. The van der Waals surface area contributed by atoms with Gasteiger partial charge in [0.05, 0.1) is 0 Å². The number of aromatic nitrogens is 1. The van der Waals surface area contributed by atoms with Crippen molar-refractivity contribution in [1.82, 2.24) is 9.88 Å². The van der Waals surface area contributed by atoms with Gasteiger partial charge in [0.1, 0.15) is 6.10 Å². The zero-order valence-corrected chi connectivity index (χ0v) is 13.1. The monoisotopic (exact) mass is 350 g/mol. The molecule has 2 heterocycles. The van der Waals surface area contributed by atoms with Gasteiger partial charge < -0.3 is 4.74 Å². The Morgan fingerprint density at radius 2 is 2.05 bits per heavy atom. The third-order valence-corrected chi connectivity index (χ3v) is 4.05. The Labute approximate surface area is 131 Å². The van der Waals surface area contributed by atoms with Crippen LogP contribution in [0.4, 0.5) is 4.39 Å². The molecule has 1 atom stereocenters. The second-order valence-electron chi connectivity index (χ2n) is 5.19. The maximum absolute atomic E-state index is 13.0. The van der Waals surface area contributed by atoms with Gasteiger partial charge in [0, 0.05) is 30.2 Å². The van der Waals surface area contributed by atoms with Crippen molar-refractivity contribution < 1.29 is 9.13 Å². The van der Waals surface area contributed by atoms with Crippen molar-refractivity contribution in [3.63, 3.8) is 0 Å². The molecule has 1 saturated heterocycles. The lowest BCUT2D eigenvalue weighted by molar-refractivity contribution is 0.189. The van der Waals surface area contributed by atoms with E-state index in [0.717, 1.165) is 30.5 Å². The minimum absolute atomic E-state index is 0.0785. The molecule has 1 unspecified atom stereocenters. The van der Waals surface area contributed by atoms with Gasteiger partial charge in [-0.05, 0) is 30.2 Å². The highest BCUT2D eigenvalue weighted by Crippen LogP contribution is 2.19. The lowest BCUT2D eigenvalue weighted by atomic mass is 10.2. The first-order valence-electron chi connectivity index (χ1n) is 6.95. The summed E-state index contributed by atoms with van der Waals surface area (Å²) in [6.07, 6.45) is 1.02. The molecule has 5 heteroatoms. The Kier molecular flexibility index (Phi) is 4.51. The van der Waals surface area contributed by atoms with Crippen LogP contribution in [0.1, 0.15) is 12.0 Å². The lowest BCUT2D eigenvalue weighted by Crippen LogP contribution is -2.24. The molecule has 1 aliphatic rings. The number of nitrogens with zero attached hydrogens (tertiary/aromatic N) is 2. The molecule has 21 heavy (non-hydrogen) atoms. The molecular weight excluding hydrogens is 335 g/mol. The topological polar surface area (TPSA) is 25.4 Å². The highest BCUT2D eigenvalue weighted by molar-refractivity contribution is 9.10. The molecular formula is C16H16BrFN2O. The van der Waals surface area contributed by atoms with Crippen molar-refractivity contribution in [2.75, 3.05) is 13.1 Å². The van der Waals surface area contributed by atoms with Gasteiger partial charge in [-0.25, -0.2) is 0 Å². The van der Waals surface area contributed by atoms with Crippen LogP contribution in [0.2, 0.25) is 0 Å². The van der Waals surface area contributed by atoms with Crippen molar-refractivity contribution in [3.05, 3.63) is 58.4 Å². The van der Waals surface area contributed by atoms with E-state index in [-0.39, 0.29) is 6.10 Å². The van der Waals surface area contributed by atoms with Crippen LogP contribution in [0.5, 0.6) is 5.88 Å². The number of ether oxygens (including phenoxy) is 1. The molecule has 2 aromatic rings. The van der Waals surface area contributed by atoms with E-state index in [4.69, 9.17) is 4.74 Å². The zero-order chi connectivity index (χ0) is 14.7. The number of hydrogen-bond acceptors (Lipinski definition) is 3. The highest BCUT2D eigenvalue weighted by Gasteiger charge is 2.24. The van der Waals surface area contributed by atoms with Gasteiger partial charge in [-0.1, -0.05) is 34.1 Å². The van der Waals surface area contributed by atoms with Crippen LogP contribution >= 0.6 is 15.9 Å². The molecule has 110 valence electrons. The van der Waals surface area contributed by atoms with Crippen molar-refractivity contribution in [2.24, 2.45) is 0 Å². The van der Waals surface area contributed by atoms with E-state index in [2.05, 4.69) is 50.1 Å². The summed E-state index contributed by atoms with van der Waals surface area (Å²) < 4.78 is 19.9. The van der Waals surface area contributed by atoms with Crippen molar-refractivity contribution >= 4 is 15.9 Å². The number of rotatable bonds is 4. The molecule has 0 spiro atoms. The average Bonchev–Trinajstić information content (AvgIpc) is 2.89. The Hall–Kier alpha value is -1.46. The Bertz CT molecular complexity index is 605. The quantitative estimate of drug-likeness (QED) is 0.787. The fraction of sp³-hybridized carbons (Fsp3) is 0.312. The summed E-state index contributed by atoms with van der Waals surface area (Å²) in [5.41, 5.74) is 1.28. The summed E-state index contributed by atoms with van der Waals surface area (Å²) in [4.78, 5) is 6.08. The van der Waals surface area contributed by atoms with E-state index in [0.29, 0.717) is 5.88 Å². The molecule has 1 fully saturated rings. The van der Waals surface area contributed by atoms with Gasteiger partial charge >= 0.3 is 0 Å².